The van der Waals surface area contributed by atoms with E-state index in [4.69, 9.17) is 11.6 Å². The van der Waals surface area contributed by atoms with E-state index in [1.165, 1.54) is 11.3 Å². The van der Waals surface area contributed by atoms with Gasteiger partial charge in [-0.1, -0.05) is 23.7 Å². The zero-order valence-electron chi connectivity index (χ0n) is 9.47. The van der Waals surface area contributed by atoms with Gasteiger partial charge in [0, 0.05) is 6.54 Å². The zero-order valence-corrected chi connectivity index (χ0v) is 11.0. The lowest BCUT2D eigenvalue weighted by Gasteiger charge is -2.11. The predicted molar refractivity (Wildman–Crippen MR) is 73.1 cm³/mol. The van der Waals surface area contributed by atoms with Crippen molar-refractivity contribution < 1.29 is 9.90 Å². The highest BCUT2D eigenvalue weighted by Crippen LogP contribution is 2.17. The maximum absolute atomic E-state index is 11.8. The van der Waals surface area contributed by atoms with Gasteiger partial charge in [0.15, 0.2) is 0 Å². The molecule has 0 aliphatic rings. The Morgan fingerprint density at radius 3 is 2.83 bits per heavy atom. The first-order valence-corrected chi connectivity index (χ1v) is 6.73. The summed E-state index contributed by atoms with van der Waals surface area (Å²) in [5.74, 6) is -0.283. The molecule has 2 aromatic rings. The van der Waals surface area contributed by atoms with E-state index >= 15 is 0 Å². The summed E-state index contributed by atoms with van der Waals surface area (Å²) in [6.07, 6.45) is -0.692. The first-order chi connectivity index (χ1) is 8.68. The van der Waals surface area contributed by atoms with Gasteiger partial charge in [0.25, 0.3) is 5.91 Å². The van der Waals surface area contributed by atoms with E-state index in [9.17, 15) is 9.90 Å². The van der Waals surface area contributed by atoms with Crippen molar-refractivity contribution in [1.29, 1.82) is 0 Å². The van der Waals surface area contributed by atoms with Crippen LogP contribution in [0.15, 0.2) is 41.1 Å². The fourth-order valence-corrected chi connectivity index (χ4v) is 2.44. The molecule has 1 aromatic carbocycles. The highest BCUT2D eigenvalue weighted by Gasteiger charge is 2.12. The van der Waals surface area contributed by atoms with Crippen LogP contribution in [0.5, 0.6) is 0 Å². The second-order valence-corrected chi connectivity index (χ2v) is 4.95. The minimum atomic E-state index is -0.692. The number of hydrogen-bond acceptors (Lipinski definition) is 3. The summed E-state index contributed by atoms with van der Waals surface area (Å²) in [6.45, 7) is 0.167. The van der Waals surface area contributed by atoms with Crippen LogP contribution < -0.4 is 5.32 Å². The maximum Gasteiger partial charge on any atom is 0.252 e. The van der Waals surface area contributed by atoms with Crippen molar-refractivity contribution in [2.24, 2.45) is 0 Å². The molecule has 0 saturated carbocycles. The van der Waals surface area contributed by atoms with E-state index in [1.54, 1.807) is 24.3 Å². The molecule has 0 radical (unpaired) electrons. The van der Waals surface area contributed by atoms with Crippen molar-refractivity contribution in [3.05, 3.63) is 57.2 Å². The molecule has 5 heteroatoms. The normalized spacial score (nSPS) is 12.1. The summed E-state index contributed by atoms with van der Waals surface area (Å²) in [5, 5.41) is 16.6. The van der Waals surface area contributed by atoms with Crippen molar-refractivity contribution in [2.45, 2.75) is 6.10 Å². The number of rotatable bonds is 4. The summed E-state index contributed by atoms with van der Waals surface area (Å²) >= 11 is 7.42. The molecule has 0 fully saturated rings. The topological polar surface area (TPSA) is 49.3 Å². The van der Waals surface area contributed by atoms with E-state index in [0.29, 0.717) is 10.6 Å². The SMILES string of the molecule is O=C(NC[C@H](O)c1ccsc1)c1ccccc1Cl. The minimum Gasteiger partial charge on any atom is -0.387 e. The van der Waals surface area contributed by atoms with Crippen LogP contribution in [0.3, 0.4) is 0 Å². The zero-order chi connectivity index (χ0) is 13.0. The van der Waals surface area contributed by atoms with Crippen LogP contribution in [-0.4, -0.2) is 17.6 Å². The van der Waals surface area contributed by atoms with Crippen molar-refractivity contribution in [2.75, 3.05) is 6.54 Å². The van der Waals surface area contributed by atoms with Gasteiger partial charge in [-0.2, -0.15) is 11.3 Å². The molecule has 0 bridgehead atoms. The largest absolute Gasteiger partial charge is 0.387 e. The molecule has 0 unspecified atom stereocenters. The Labute approximate surface area is 114 Å². The lowest BCUT2D eigenvalue weighted by molar-refractivity contribution is 0.0916. The van der Waals surface area contributed by atoms with Gasteiger partial charge >= 0.3 is 0 Å². The number of benzene rings is 1. The van der Waals surface area contributed by atoms with Crippen LogP contribution in [0, 0.1) is 0 Å². The van der Waals surface area contributed by atoms with Gasteiger partial charge < -0.3 is 10.4 Å². The Kier molecular flexibility index (Phi) is 4.36. The molecule has 3 nitrogen and oxygen atoms in total. The van der Waals surface area contributed by atoms with Crippen LogP contribution >= 0.6 is 22.9 Å². The van der Waals surface area contributed by atoms with Gasteiger partial charge in [-0.05, 0) is 34.5 Å². The first-order valence-electron chi connectivity index (χ1n) is 5.41. The van der Waals surface area contributed by atoms with Gasteiger partial charge in [-0.3, -0.25) is 4.79 Å². The van der Waals surface area contributed by atoms with Gasteiger partial charge in [-0.15, -0.1) is 0 Å². The summed E-state index contributed by atoms with van der Waals surface area (Å²) in [6, 6.07) is 8.65. The number of amides is 1. The number of hydrogen-bond donors (Lipinski definition) is 2. The van der Waals surface area contributed by atoms with Gasteiger partial charge in [0.2, 0.25) is 0 Å². The first kappa shape index (κ1) is 13.1. The molecule has 1 atom stereocenters. The number of halogens is 1. The third kappa shape index (κ3) is 3.10. The molecule has 94 valence electrons. The predicted octanol–water partition coefficient (Wildman–Crippen LogP) is 2.86. The highest BCUT2D eigenvalue weighted by molar-refractivity contribution is 7.07. The smallest absolute Gasteiger partial charge is 0.252 e. The Morgan fingerprint density at radius 1 is 1.39 bits per heavy atom. The molecular formula is C13H12ClNO2S. The molecule has 2 N–H and O–H groups in total. The molecule has 18 heavy (non-hydrogen) atoms. The number of aliphatic hydroxyl groups is 1. The number of aliphatic hydroxyl groups excluding tert-OH is 1. The molecule has 1 heterocycles. The van der Waals surface area contributed by atoms with Crippen LogP contribution in [0.2, 0.25) is 5.02 Å². The maximum atomic E-state index is 11.8. The average Bonchev–Trinajstić information content (AvgIpc) is 2.90. The molecule has 0 aliphatic heterocycles. The van der Waals surface area contributed by atoms with E-state index in [2.05, 4.69) is 5.32 Å². The van der Waals surface area contributed by atoms with Gasteiger partial charge in [0.1, 0.15) is 0 Å². The van der Waals surface area contributed by atoms with Crippen molar-refractivity contribution in [3.63, 3.8) is 0 Å². The molecule has 1 aromatic heterocycles. The summed E-state index contributed by atoms with van der Waals surface area (Å²) in [5.41, 5.74) is 1.22. The Bertz CT molecular complexity index is 528. The molecule has 0 spiro atoms. The van der Waals surface area contributed by atoms with Crippen molar-refractivity contribution >= 4 is 28.8 Å². The lowest BCUT2D eigenvalue weighted by atomic mass is 10.2. The molecular weight excluding hydrogens is 270 g/mol. The Hall–Kier alpha value is -1.36. The van der Waals surface area contributed by atoms with Crippen LogP contribution in [0.25, 0.3) is 0 Å². The number of thiophene rings is 1. The fourth-order valence-electron chi connectivity index (χ4n) is 1.51. The molecule has 1 amide bonds. The Morgan fingerprint density at radius 2 is 2.17 bits per heavy atom. The van der Waals surface area contributed by atoms with E-state index in [-0.39, 0.29) is 12.5 Å². The summed E-state index contributed by atoms with van der Waals surface area (Å²) in [4.78, 5) is 11.8. The number of carbonyl (C=O) groups excluding carboxylic acids is 1. The standard InChI is InChI=1S/C13H12ClNO2S/c14-11-4-2-1-3-10(11)13(17)15-7-12(16)9-5-6-18-8-9/h1-6,8,12,16H,7H2,(H,15,17)/t12-/m0/s1. The third-order valence-corrected chi connectivity index (χ3v) is 3.53. The van der Waals surface area contributed by atoms with Crippen molar-refractivity contribution in [3.8, 4) is 0 Å². The molecule has 0 saturated heterocycles. The third-order valence-electron chi connectivity index (χ3n) is 2.50. The van der Waals surface area contributed by atoms with E-state index < -0.39 is 6.10 Å². The van der Waals surface area contributed by atoms with Crippen molar-refractivity contribution in [1.82, 2.24) is 5.32 Å². The summed E-state index contributed by atoms with van der Waals surface area (Å²) < 4.78 is 0. The summed E-state index contributed by atoms with van der Waals surface area (Å²) in [7, 11) is 0. The van der Waals surface area contributed by atoms with Gasteiger partial charge in [-0.25, -0.2) is 0 Å². The molecule has 2 rings (SSSR count). The fraction of sp³-hybridized carbons (Fsp3) is 0.154. The van der Waals surface area contributed by atoms with Crippen LogP contribution in [0.4, 0.5) is 0 Å². The minimum absolute atomic E-state index is 0.167. The monoisotopic (exact) mass is 281 g/mol. The van der Waals surface area contributed by atoms with Gasteiger partial charge in [0.05, 0.1) is 16.7 Å². The second kappa shape index (κ2) is 6.00. The molecule has 0 aliphatic carbocycles. The number of nitrogens with one attached hydrogen (secondary N) is 1. The highest BCUT2D eigenvalue weighted by atomic mass is 35.5. The van der Waals surface area contributed by atoms with E-state index in [1.807, 2.05) is 16.8 Å². The Balaban J connectivity index is 1.95. The number of carbonyl (C=O) groups is 1. The van der Waals surface area contributed by atoms with E-state index in [0.717, 1.165) is 5.56 Å². The quantitative estimate of drug-likeness (QED) is 0.905. The average molecular weight is 282 g/mol. The van der Waals surface area contributed by atoms with Crippen LogP contribution in [0.1, 0.15) is 22.0 Å². The second-order valence-electron chi connectivity index (χ2n) is 3.76. The lowest BCUT2D eigenvalue weighted by Crippen LogP contribution is -2.28. The van der Waals surface area contributed by atoms with Crippen LogP contribution in [-0.2, 0) is 0 Å².